The Balaban J connectivity index is 1.80. The molecule has 1 heterocycles. The number of benzene rings is 2. The molecule has 2 aromatic carbocycles. The molecule has 1 amide bonds. The van der Waals surface area contributed by atoms with E-state index in [1.165, 1.54) is 18.3 Å². The van der Waals surface area contributed by atoms with Crippen LogP contribution < -0.4 is 4.72 Å². The third kappa shape index (κ3) is 4.58. The molecule has 0 fully saturated rings. The minimum absolute atomic E-state index is 0.0103. The standard InChI is InChI=1S/C18H15BrClN3O3S/c1-12-21-17(11-23(12)10-13-7-8-14(19)9-16(13)20)18(24)22-27(25,26)15-5-3-2-4-6-15/h2-9,11H,10H2,1H3,(H,22,24). The normalized spacial score (nSPS) is 11.4. The summed E-state index contributed by atoms with van der Waals surface area (Å²) in [5.41, 5.74) is 0.865. The summed E-state index contributed by atoms with van der Waals surface area (Å²) >= 11 is 9.59. The number of carbonyl (C=O) groups excluding carboxylic acids is 1. The number of amides is 1. The summed E-state index contributed by atoms with van der Waals surface area (Å²) in [5, 5.41) is 0.579. The van der Waals surface area contributed by atoms with Gasteiger partial charge in [-0.3, -0.25) is 4.79 Å². The van der Waals surface area contributed by atoms with Gasteiger partial charge in [0.15, 0.2) is 0 Å². The first kappa shape index (κ1) is 19.6. The Labute approximate surface area is 170 Å². The van der Waals surface area contributed by atoms with E-state index in [4.69, 9.17) is 11.6 Å². The molecule has 0 spiro atoms. The zero-order valence-corrected chi connectivity index (χ0v) is 17.3. The van der Waals surface area contributed by atoms with Gasteiger partial charge in [0.05, 0.1) is 11.4 Å². The minimum atomic E-state index is -3.96. The van der Waals surface area contributed by atoms with Gasteiger partial charge in [-0.1, -0.05) is 51.8 Å². The second kappa shape index (κ2) is 7.84. The van der Waals surface area contributed by atoms with E-state index >= 15 is 0 Å². The Morgan fingerprint density at radius 1 is 1.22 bits per heavy atom. The number of imidazole rings is 1. The predicted molar refractivity (Wildman–Crippen MR) is 106 cm³/mol. The Morgan fingerprint density at radius 3 is 2.59 bits per heavy atom. The van der Waals surface area contributed by atoms with Gasteiger partial charge in [-0.05, 0) is 36.8 Å². The van der Waals surface area contributed by atoms with Gasteiger partial charge in [0.1, 0.15) is 11.5 Å². The number of hydrogen-bond donors (Lipinski definition) is 1. The number of aryl methyl sites for hydroxylation is 1. The van der Waals surface area contributed by atoms with Gasteiger partial charge in [0.25, 0.3) is 15.9 Å². The van der Waals surface area contributed by atoms with E-state index in [1.807, 2.05) is 16.9 Å². The summed E-state index contributed by atoms with van der Waals surface area (Å²) in [6.07, 6.45) is 1.50. The van der Waals surface area contributed by atoms with Crippen LogP contribution in [-0.2, 0) is 16.6 Å². The smallest absolute Gasteiger partial charge is 0.285 e. The highest BCUT2D eigenvalue weighted by atomic mass is 79.9. The molecular formula is C18H15BrClN3O3S. The lowest BCUT2D eigenvalue weighted by Gasteiger charge is -2.07. The van der Waals surface area contributed by atoms with Crippen molar-refractivity contribution in [3.8, 4) is 0 Å². The highest BCUT2D eigenvalue weighted by molar-refractivity contribution is 9.10. The molecule has 0 bridgehead atoms. The van der Waals surface area contributed by atoms with E-state index in [1.54, 1.807) is 35.8 Å². The topological polar surface area (TPSA) is 81.1 Å². The van der Waals surface area contributed by atoms with Crippen LogP contribution in [0.25, 0.3) is 0 Å². The molecule has 27 heavy (non-hydrogen) atoms. The Kier molecular flexibility index (Phi) is 5.69. The Hall–Kier alpha value is -2.16. The van der Waals surface area contributed by atoms with Gasteiger partial charge in [0, 0.05) is 15.7 Å². The molecule has 6 nitrogen and oxygen atoms in total. The summed E-state index contributed by atoms with van der Waals surface area (Å²) in [4.78, 5) is 16.5. The molecule has 0 saturated heterocycles. The molecule has 3 rings (SSSR count). The van der Waals surface area contributed by atoms with E-state index in [-0.39, 0.29) is 10.6 Å². The molecule has 0 radical (unpaired) electrons. The maximum Gasteiger partial charge on any atom is 0.285 e. The van der Waals surface area contributed by atoms with Crippen molar-refractivity contribution in [2.45, 2.75) is 18.4 Å². The average Bonchev–Trinajstić information content (AvgIpc) is 2.99. The van der Waals surface area contributed by atoms with Crippen LogP contribution in [0.15, 0.2) is 64.1 Å². The summed E-state index contributed by atoms with van der Waals surface area (Å²) in [6.45, 7) is 2.14. The summed E-state index contributed by atoms with van der Waals surface area (Å²) in [5.74, 6) is -0.223. The Bertz CT molecular complexity index is 1100. The molecule has 9 heteroatoms. The van der Waals surface area contributed by atoms with Crippen molar-refractivity contribution in [3.63, 3.8) is 0 Å². The van der Waals surface area contributed by atoms with Crippen LogP contribution >= 0.6 is 27.5 Å². The average molecular weight is 469 g/mol. The number of hydrogen-bond acceptors (Lipinski definition) is 4. The zero-order valence-electron chi connectivity index (χ0n) is 14.2. The SMILES string of the molecule is Cc1nc(C(=O)NS(=O)(=O)c2ccccc2)cn1Cc1ccc(Br)cc1Cl. The third-order valence-corrected chi connectivity index (χ3v) is 6.04. The zero-order chi connectivity index (χ0) is 19.6. The lowest BCUT2D eigenvalue weighted by Crippen LogP contribution is -2.30. The number of nitrogens with zero attached hydrogens (tertiary/aromatic N) is 2. The predicted octanol–water partition coefficient (Wildman–Crippen LogP) is 3.77. The monoisotopic (exact) mass is 467 g/mol. The first-order valence-electron chi connectivity index (χ1n) is 7.86. The van der Waals surface area contributed by atoms with Gasteiger partial charge < -0.3 is 4.57 Å². The van der Waals surface area contributed by atoms with E-state index in [0.29, 0.717) is 17.4 Å². The molecule has 140 valence electrons. The number of rotatable bonds is 5. The largest absolute Gasteiger partial charge is 0.330 e. The number of sulfonamides is 1. The number of nitrogens with one attached hydrogen (secondary N) is 1. The van der Waals surface area contributed by atoms with Gasteiger partial charge in [-0.15, -0.1) is 0 Å². The third-order valence-electron chi connectivity index (χ3n) is 3.85. The van der Waals surface area contributed by atoms with Crippen LogP contribution in [0, 0.1) is 6.92 Å². The second-order valence-corrected chi connectivity index (χ2v) is 8.79. The molecule has 1 aromatic heterocycles. The van der Waals surface area contributed by atoms with Crippen molar-refractivity contribution < 1.29 is 13.2 Å². The number of halogens is 2. The molecule has 0 aliphatic heterocycles. The van der Waals surface area contributed by atoms with Crippen LogP contribution in [0.4, 0.5) is 0 Å². The highest BCUT2D eigenvalue weighted by Gasteiger charge is 2.21. The fourth-order valence-corrected chi connectivity index (χ4v) is 4.16. The van der Waals surface area contributed by atoms with Crippen molar-refractivity contribution >= 4 is 43.5 Å². The molecular weight excluding hydrogens is 454 g/mol. The number of carbonyl (C=O) groups is 1. The number of aromatic nitrogens is 2. The Morgan fingerprint density at radius 2 is 1.93 bits per heavy atom. The second-order valence-electron chi connectivity index (χ2n) is 5.78. The molecule has 0 aliphatic carbocycles. The summed E-state index contributed by atoms with van der Waals surface area (Å²) < 4.78 is 29.2. The van der Waals surface area contributed by atoms with E-state index in [0.717, 1.165) is 10.0 Å². The van der Waals surface area contributed by atoms with Crippen LogP contribution in [0.2, 0.25) is 5.02 Å². The van der Waals surface area contributed by atoms with Gasteiger partial charge in [0.2, 0.25) is 0 Å². The van der Waals surface area contributed by atoms with Crippen LogP contribution in [-0.4, -0.2) is 23.9 Å². The van der Waals surface area contributed by atoms with Crippen LogP contribution in [0.3, 0.4) is 0 Å². The first-order valence-corrected chi connectivity index (χ1v) is 10.5. The lowest BCUT2D eigenvalue weighted by molar-refractivity contribution is 0.0977. The van der Waals surface area contributed by atoms with Crippen molar-refractivity contribution in [1.29, 1.82) is 0 Å². The van der Waals surface area contributed by atoms with Gasteiger partial charge >= 0.3 is 0 Å². The first-order chi connectivity index (χ1) is 12.8. The fourth-order valence-electron chi connectivity index (χ4n) is 2.44. The van der Waals surface area contributed by atoms with Crippen molar-refractivity contribution in [2.75, 3.05) is 0 Å². The minimum Gasteiger partial charge on any atom is -0.330 e. The van der Waals surface area contributed by atoms with Gasteiger partial charge in [-0.2, -0.15) is 0 Å². The summed E-state index contributed by atoms with van der Waals surface area (Å²) in [6, 6.07) is 13.2. The van der Waals surface area contributed by atoms with Crippen LogP contribution in [0.1, 0.15) is 21.9 Å². The van der Waals surface area contributed by atoms with Gasteiger partial charge in [-0.25, -0.2) is 18.1 Å². The molecule has 0 unspecified atom stereocenters. The lowest BCUT2D eigenvalue weighted by atomic mass is 10.2. The maximum absolute atomic E-state index is 12.4. The quantitative estimate of drug-likeness (QED) is 0.618. The highest BCUT2D eigenvalue weighted by Crippen LogP contribution is 2.22. The molecule has 0 saturated carbocycles. The van der Waals surface area contributed by atoms with E-state index in [9.17, 15) is 13.2 Å². The molecule has 1 N–H and O–H groups in total. The van der Waals surface area contributed by atoms with Crippen molar-refractivity contribution in [1.82, 2.24) is 14.3 Å². The maximum atomic E-state index is 12.4. The van der Waals surface area contributed by atoms with E-state index < -0.39 is 15.9 Å². The molecule has 3 aromatic rings. The molecule has 0 atom stereocenters. The fraction of sp³-hybridized carbons (Fsp3) is 0.111. The van der Waals surface area contributed by atoms with Crippen LogP contribution in [0.5, 0.6) is 0 Å². The molecule has 0 aliphatic rings. The summed E-state index contributed by atoms with van der Waals surface area (Å²) in [7, 11) is -3.96. The van der Waals surface area contributed by atoms with Crippen molar-refractivity contribution in [2.24, 2.45) is 0 Å². The van der Waals surface area contributed by atoms with Crippen molar-refractivity contribution in [3.05, 3.63) is 81.3 Å². The van der Waals surface area contributed by atoms with E-state index in [2.05, 4.69) is 20.9 Å².